The molecule has 0 radical (unpaired) electrons. The molecule has 0 aromatic carbocycles. The molecule has 0 aliphatic heterocycles. The molecule has 0 fully saturated rings. The molecule has 11 heteroatoms. The van der Waals surface area contributed by atoms with Crippen molar-refractivity contribution in [2.24, 2.45) is 11.8 Å². The van der Waals surface area contributed by atoms with Crippen LogP contribution in [0.2, 0.25) is 0 Å². The van der Waals surface area contributed by atoms with Crippen molar-refractivity contribution < 1.29 is 26.3 Å². The Kier molecular flexibility index (Phi) is 5.20. The first-order valence-electron chi connectivity index (χ1n) is 5.96. The van der Waals surface area contributed by atoms with Gasteiger partial charge in [0.05, 0.1) is 0 Å². The lowest BCUT2D eigenvalue weighted by Gasteiger charge is -2.30. The number of halogens is 6. The Labute approximate surface area is 116 Å². The molecule has 0 saturated heterocycles. The van der Waals surface area contributed by atoms with Gasteiger partial charge < -0.3 is 0 Å². The zero-order valence-corrected chi connectivity index (χ0v) is 11.2. The van der Waals surface area contributed by atoms with Crippen LogP contribution in [-0.2, 0) is 6.42 Å². The molecule has 5 nitrogen and oxygen atoms in total. The number of alkyl halides is 6. The van der Waals surface area contributed by atoms with Crippen molar-refractivity contribution in [3.63, 3.8) is 0 Å². The summed E-state index contributed by atoms with van der Waals surface area (Å²) in [7, 11) is 0. The van der Waals surface area contributed by atoms with Gasteiger partial charge in [0, 0.05) is 18.5 Å². The van der Waals surface area contributed by atoms with Gasteiger partial charge in [0.1, 0.15) is 12.2 Å². The van der Waals surface area contributed by atoms with E-state index in [-0.39, 0.29) is 11.9 Å². The van der Waals surface area contributed by atoms with Crippen LogP contribution in [-0.4, -0.2) is 33.2 Å². The lowest BCUT2D eigenvalue weighted by Crippen LogP contribution is -2.54. The van der Waals surface area contributed by atoms with Gasteiger partial charge in [-0.05, 0) is 13.8 Å². The number of rotatable bonds is 5. The van der Waals surface area contributed by atoms with Crippen LogP contribution in [0.5, 0.6) is 0 Å². The van der Waals surface area contributed by atoms with Crippen LogP contribution < -0.4 is 11.3 Å². The van der Waals surface area contributed by atoms with E-state index in [0.717, 1.165) is 6.33 Å². The van der Waals surface area contributed by atoms with Crippen LogP contribution in [0.3, 0.4) is 0 Å². The summed E-state index contributed by atoms with van der Waals surface area (Å²) in [5.41, 5.74) is 1.60. The zero-order valence-electron chi connectivity index (χ0n) is 11.2. The number of nitrogens with two attached hydrogens (primary N) is 1. The molecule has 1 rings (SSSR count). The molecule has 1 aromatic heterocycles. The average Bonchev–Trinajstić information content (AvgIpc) is 2.72. The first kappa shape index (κ1) is 17.7. The lowest BCUT2D eigenvalue weighted by molar-refractivity contribution is -0.291. The standard InChI is InChI=1S/C10H15F6N5/c1-5(2)21-7(18-4-19-21)3-6(20-17)8(9(11,12)13)10(14,15)16/h4-6,8,20H,3,17H2,1-2H3. The van der Waals surface area contributed by atoms with Crippen LogP contribution in [0.15, 0.2) is 6.33 Å². The third-order valence-electron chi connectivity index (χ3n) is 2.86. The van der Waals surface area contributed by atoms with E-state index in [4.69, 9.17) is 5.84 Å². The molecule has 0 bridgehead atoms. The van der Waals surface area contributed by atoms with Gasteiger partial charge >= 0.3 is 12.4 Å². The second-order valence-corrected chi connectivity index (χ2v) is 4.75. The number of nitrogens with zero attached hydrogens (tertiary/aromatic N) is 3. The van der Waals surface area contributed by atoms with Crippen molar-refractivity contribution in [1.82, 2.24) is 20.2 Å². The Balaban J connectivity index is 3.08. The number of aromatic nitrogens is 3. The highest BCUT2D eigenvalue weighted by atomic mass is 19.4. The van der Waals surface area contributed by atoms with E-state index in [2.05, 4.69) is 10.1 Å². The van der Waals surface area contributed by atoms with Crippen LogP contribution in [0.1, 0.15) is 25.7 Å². The quantitative estimate of drug-likeness (QED) is 0.495. The highest BCUT2D eigenvalue weighted by Gasteiger charge is 2.60. The number of nitrogens with one attached hydrogen (secondary N) is 1. The number of hydrogen-bond donors (Lipinski definition) is 2. The van der Waals surface area contributed by atoms with Crippen LogP contribution in [0, 0.1) is 5.92 Å². The lowest BCUT2D eigenvalue weighted by atomic mass is 9.95. The van der Waals surface area contributed by atoms with Crippen LogP contribution in [0.25, 0.3) is 0 Å². The highest BCUT2D eigenvalue weighted by molar-refractivity contribution is 4.96. The van der Waals surface area contributed by atoms with Gasteiger partial charge in [-0.15, -0.1) is 0 Å². The molecule has 0 amide bonds. The summed E-state index contributed by atoms with van der Waals surface area (Å²) >= 11 is 0. The van der Waals surface area contributed by atoms with Gasteiger partial charge in [0.15, 0.2) is 5.92 Å². The molecule has 0 aliphatic rings. The van der Waals surface area contributed by atoms with Gasteiger partial charge in [0.25, 0.3) is 0 Å². The molecule has 1 atom stereocenters. The van der Waals surface area contributed by atoms with E-state index in [9.17, 15) is 26.3 Å². The maximum absolute atomic E-state index is 12.7. The molecule has 0 spiro atoms. The Hall–Kier alpha value is -1.36. The maximum Gasteiger partial charge on any atom is 0.402 e. The molecule has 0 aliphatic carbocycles. The van der Waals surface area contributed by atoms with Gasteiger partial charge in [-0.25, -0.2) is 9.67 Å². The Morgan fingerprint density at radius 3 is 2.10 bits per heavy atom. The minimum Gasteiger partial charge on any atom is -0.271 e. The fraction of sp³-hybridized carbons (Fsp3) is 0.800. The normalized spacial score (nSPS) is 15.0. The van der Waals surface area contributed by atoms with E-state index >= 15 is 0 Å². The molecule has 21 heavy (non-hydrogen) atoms. The molecule has 122 valence electrons. The molecule has 0 saturated carbocycles. The predicted molar refractivity (Wildman–Crippen MR) is 60.8 cm³/mol. The van der Waals surface area contributed by atoms with E-state index in [1.807, 2.05) is 0 Å². The van der Waals surface area contributed by atoms with Gasteiger partial charge in [-0.1, -0.05) is 0 Å². The topological polar surface area (TPSA) is 68.8 Å². The third kappa shape index (κ3) is 4.30. The molecule has 1 unspecified atom stereocenters. The van der Waals surface area contributed by atoms with Crippen molar-refractivity contribution in [3.8, 4) is 0 Å². The van der Waals surface area contributed by atoms with Gasteiger partial charge in [-0.2, -0.15) is 31.4 Å². The first-order chi connectivity index (χ1) is 9.48. The molecule has 3 N–H and O–H groups in total. The van der Waals surface area contributed by atoms with Crippen molar-refractivity contribution in [2.45, 2.75) is 44.7 Å². The summed E-state index contributed by atoms with van der Waals surface area (Å²) in [5.74, 6) is 1.30. The summed E-state index contributed by atoms with van der Waals surface area (Å²) in [6.07, 6.45) is -10.5. The van der Waals surface area contributed by atoms with Crippen LogP contribution in [0.4, 0.5) is 26.3 Å². The van der Waals surface area contributed by atoms with E-state index < -0.39 is 30.7 Å². The van der Waals surface area contributed by atoms with E-state index in [0.29, 0.717) is 0 Å². The fourth-order valence-corrected chi connectivity index (χ4v) is 1.96. The van der Waals surface area contributed by atoms with E-state index in [1.54, 1.807) is 19.3 Å². The first-order valence-corrected chi connectivity index (χ1v) is 5.96. The molecule has 1 aromatic rings. The summed E-state index contributed by atoms with van der Waals surface area (Å²) < 4.78 is 77.3. The molecular formula is C10H15F6N5. The summed E-state index contributed by atoms with van der Waals surface area (Å²) in [4.78, 5) is 3.69. The van der Waals surface area contributed by atoms with Gasteiger partial charge in [-0.3, -0.25) is 11.3 Å². The predicted octanol–water partition coefficient (Wildman–Crippen LogP) is 1.97. The maximum atomic E-state index is 12.7. The van der Waals surface area contributed by atoms with Crippen molar-refractivity contribution in [3.05, 3.63) is 12.2 Å². The monoisotopic (exact) mass is 319 g/mol. The smallest absolute Gasteiger partial charge is 0.271 e. The Bertz CT molecular complexity index is 438. The number of hydrazine groups is 1. The zero-order chi connectivity index (χ0) is 16.4. The SMILES string of the molecule is CC(C)n1ncnc1CC(NN)C(C(F)(F)F)C(F)(F)F. The second-order valence-electron chi connectivity index (χ2n) is 4.75. The summed E-state index contributed by atoms with van der Waals surface area (Å²) in [6.45, 7) is 3.35. The third-order valence-corrected chi connectivity index (χ3v) is 2.86. The highest BCUT2D eigenvalue weighted by Crippen LogP contribution is 2.41. The molecular weight excluding hydrogens is 304 g/mol. The summed E-state index contributed by atoms with van der Waals surface area (Å²) in [6, 6.07) is -2.34. The molecule has 1 heterocycles. The minimum absolute atomic E-state index is 0.00792. The second kappa shape index (κ2) is 6.18. The minimum atomic E-state index is -5.47. The summed E-state index contributed by atoms with van der Waals surface area (Å²) in [5, 5.41) is 3.76. The van der Waals surface area contributed by atoms with Gasteiger partial charge in [0.2, 0.25) is 0 Å². The van der Waals surface area contributed by atoms with Crippen molar-refractivity contribution >= 4 is 0 Å². The average molecular weight is 319 g/mol. The number of hydrogen-bond acceptors (Lipinski definition) is 4. The fourth-order valence-electron chi connectivity index (χ4n) is 1.96. The van der Waals surface area contributed by atoms with Crippen molar-refractivity contribution in [2.75, 3.05) is 0 Å². The Morgan fingerprint density at radius 1 is 1.19 bits per heavy atom. The van der Waals surface area contributed by atoms with Crippen LogP contribution >= 0.6 is 0 Å². The Morgan fingerprint density at radius 2 is 1.71 bits per heavy atom. The van der Waals surface area contributed by atoms with Crippen molar-refractivity contribution in [1.29, 1.82) is 0 Å². The van der Waals surface area contributed by atoms with E-state index in [1.165, 1.54) is 4.68 Å². The largest absolute Gasteiger partial charge is 0.402 e.